The first kappa shape index (κ1) is 16.6. The van der Waals surface area contributed by atoms with Crippen LogP contribution in [0.4, 0.5) is 19.0 Å². The van der Waals surface area contributed by atoms with E-state index in [0.717, 1.165) is 12.1 Å². The van der Waals surface area contributed by atoms with Crippen LogP contribution < -0.4 is 10.6 Å². The summed E-state index contributed by atoms with van der Waals surface area (Å²) in [4.78, 5) is 15.1. The van der Waals surface area contributed by atoms with E-state index < -0.39 is 11.7 Å². The van der Waals surface area contributed by atoms with Crippen molar-refractivity contribution >= 4 is 23.3 Å². The molecule has 4 nitrogen and oxygen atoms in total. The van der Waals surface area contributed by atoms with Gasteiger partial charge >= 0.3 is 6.18 Å². The van der Waals surface area contributed by atoms with Crippen LogP contribution in [0.5, 0.6) is 0 Å². The Bertz CT molecular complexity index is 478. The van der Waals surface area contributed by atoms with Crippen LogP contribution in [-0.4, -0.2) is 23.5 Å². The van der Waals surface area contributed by atoms with Crippen molar-refractivity contribution in [3.05, 3.63) is 22.8 Å². The maximum absolute atomic E-state index is 12.6. The van der Waals surface area contributed by atoms with Gasteiger partial charge in [-0.1, -0.05) is 11.6 Å². The van der Waals surface area contributed by atoms with Crippen molar-refractivity contribution < 1.29 is 18.0 Å². The monoisotopic (exact) mass is 309 g/mol. The first-order chi connectivity index (χ1) is 9.18. The number of pyridine rings is 1. The highest BCUT2D eigenvalue weighted by molar-refractivity contribution is 6.29. The summed E-state index contributed by atoms with van der Waals surface area (Å²) in [6.07, 6.45) is -4.36. The average Bonchev–Trinajstić information content (AvgIpc) is 2.25. The van der Waals surface area contributed by atoms with E-state index in [0.29, 0.717) is 0 Å². The second-order valence-electron chi connectivity index (χ2n) is 4.46. The lowest BCUT2D eigenvalue weighted by atomic mass is 10.2. The highest BCUT2D eigenvalue weighted by Gasteiger charge is 2.31. The maximum atomic E-state index is 12.6. The average molecular weight is 310 g/mol. The molecule has 0 spiro atoms. The maximum Gasteiger partial charge on any atom is 0.416 e. The fourth-order valence-electron chi connectivity index (χ4n) is 1.45. The molecular weight excluding hydrogens is 295 g/mol. The molecule has 112 valence electrons. The molecule has 0 aliphatic carbocycles. The third kappa shape index (κ3) is 5.64. The Kier molecular flexibility index (Phi) is 5.62. The van der Waals surface area contributed by atoms with Crippen LogP contribution in [0.1, 0.15) is 25.8 Å². The van der Waals surface area contributed by atoms with Gasteiger partial charge in [-0.3, -0.25) is 4.79 Å². The number of rotatable bonds is 5. The Labute approximate surface area is 119 Å². The van der Waals surface area contributed by atoms with E-state index in [1.165, 1.54) is 0 Å². The lowest BCUT2D eigenvalue weighted by molar-refractivity contribution is -0.137. The van der Waals surface area contributed by atoms with E-state index in [-0.39, 0.29) is 35.9 Å². The number of aromatic nitrogens is 1. The van der Waals surface area contributed by atoms with Crippen molar-refractivity contribution in [2.24, 2.45) is 0 Å². The molecule has 0 fully saturated rings. The summed E-state index contributed by atoms with van der Waals surface area (Å²) < 4.78 is 37.7. The van der Waals surface area contributed by atoms with Gasteiger partial charge in [-0.2, -0.15) is 13.2 Å². The molecule has 0 saturated heterocycles. The Morgan fingerprint density at radius 1 is 1.40 bits per heavy atom. The molecule has 0 aliphatic rings. The van der Waals surface area contributed by atoms with Crippen LogP contribution >= 0.6 is 11.6 Å². The first-order valence-corrected chi connectivity index (χ1v) is 6.34. The zero-order chi connectivity index (χ0) is 15.3. The summed E-state index contributed by atoms with van der Waals surface area (Å²) in [6, 6.07) is 1.62. The van der Waals surface area contributed by atoms with Crippen LogP contribution in [0, 0.1) is 0 Å². The van der Waals surface area contributed by atoms with Crippen molar-refractivity contribution in [2.45, 2.75) is 32.5 Å². The van der Waals surface area contributed by atoms with Crippen molar-refractivity contribution in [3.8, 4) is 0 Å². The van der Waals surface area contributed by atoms with Gasteiger partial charge in [0, 0.05) is 19.0 Å². The minimum absolute atomic E-state index is 0.0119. The summed E-state index contributed by atoms with van der Waals surface area (Å²) in [5, 5.41) is 5.06. The Morgan fingerprint density at radius 3 is 2.60 bits per heavy atom. The van der Waals surface area contributed by atoms with Crippen LogP contribution in [0.2, 0.25) is 5.15 Å². The highest BCUT2D eigenvalue weighted by atomic mass is 35.5. The molecule has 1 heterocycles. The molecule has 1 aromatic rings. The van der Waals surface area contributed by atoms with Gasteiger partial charge in [0.25, 0.3) is 0 Å². The second-order valence-corrected chi connectivity index (χ2v) is 4.85. The van der Waals surface area contributed by atoms with Gasteiger partial charge in [0.05, 0.1) is 5.56 Å². The normalized spacial score (nSPS) is 11.6. The SMILES string of the molecule is CC(C)NC(=O)CCNc1cc(C(F)(F)F)cc(Cl)n1. The highest BCUT2D eigenvalue weighted by Crippen LogP contribution is 2.31. The van der Waals surface area contributed by atoms with Crippen molar-refractivity contribution in [1.82, 2.24) is 10.3 Å². The van der Waals surface area contributed by atoms with Crippen LogP contribution in [0.25, 0.3) is 0 Å². The van der Waals surface area contributed by atoms with Crippen LogP contribution in [-0.2, 0) is 11.0 Å². The number of anilines is 1. The Morgan fingerprint density at radius 2 is 2.05 bits per heavy atom. The van der Waals surface area contributed by atoms with E-state index >= 15 is 0 Å². The van der Waals surface area contributed by atoms with Gasteiger partial charge in [0.1, 0.15) is 11.0 Å². The fourth-order valence-corrected chi connectivity index (χ4v) is 1.66. The number of carbonyl (C=O) groups is 1. The molecule has 0 bridgehead atoms. The second kappa shape index (κ2) is 6.78. The Balaban J connectivity index is 2.61. The standard InChI is InChI=1S/C12H15ClF3N3O/c1-7(2)18-11(20)3-4-17-10-6-8(12(14,15)16)5-9(13)19-10/h5-7H,3-4H2,1-2H3,(H,17,19)(H,18,20). The van der Waals surface area contributed by atoms with Gasteiger partial charge in [0.2, 0.25) is 5.91 Å². The third-order valence-corrected chi connectivity index (χ3v) is 2.42. The molecule has 8 heteroatoms. The molecule has 1 rings (SSSR count). The summed E-state index contributed by atoms with van der Waals surface area (Å²) in [7, 11) is 0. The zero-order valence-electron chi connectivity index (χ0n) is 11.0. The predicted molar refractivity (Wildman–Crippen MR) is 70.6 cm³/mol. The minimum Gasteiger partial charge on any atom is -0.369 e. The lowest BCUT2D eigenvalue weighted by Gasteiger charge is -2.11. The van der Waals surface area contributed by atoms with E-state index in [9.17, 15) is 18.0 Å². The molecule has 2 N–H and O–H groups in total. The number of hydrogen-bond donors (Lipinski definition) is 2. The quantitative estimate of drug-likeness (QED) is 0.822. The zero-order valence-corrected chi connectivity index (χ0v) is 11.8. The summed E-state index contributed by atoms with van der Waals surface area (Å²) in [6.45, 7) is 3.81. The molecule has 0 radical (unpaired) electrons. The molecule has 0 aliphatic heterocycles. The molecule has 1 aromatic heterocycles. The number of nitrogens with one attached hydrogen (secondary N) is 2. The van der Waals surface area contributed by atoms with Gasteiger partial charge in [-0.25, -0.2) is 4.98 Å². The fraction of sp³-hybridized carbons (Fsp3) is 0.500. The predicted octanol–water partition coefficient (Wildman–Crippen LogP) is 3.08. The van der Waals surface area contributed by atoms with Crippen molar-refractivity contribution in [2.75, 3.05) is 11.9 Å². The van der Waals surface area contributed by atoms with E-state index in [2.05, 4.69) is 15.6 Å². The van der Waals surface area contributed by atoms with Gasteiger partial charge in [0.15, 0.2) is 0 Å². The smallest absolute Gasteiger partial charge is 0.369 e. The first-order valence-electron chi connectivity index (χ1n) is 5.96. The molecule has 0 saturated carbocycles. The lowest BCUT2D eigenvalue weighted by Crippen LogP contribution is -2.31. The van der Waals surface area contributed by atoms with E-state index in [1.54, 1.807) is 0 Å². The number of nitrogens with zero attached hydrogens (tertiary/aromatic N) is 1. The van der Waals surface area contributed by atoms with Crippen molar-refractivity contribution in [1.29, 1.82) is 0 Å². The molecular formula is C12H15ClF3N3O. The number of halogens is 4. The van der Waals surface area contributed by atoms with Gasteiger partial charge < -0.3 is 10.6 Å². The summed E-state index contributed by atoms with van der Waals surface area (Å²) in [5.41, 5.74) is -0.883. The number of amides is 1. The molecule has 0 aromatic carbocycles. The van der Waals surface area contributed by atoms with Crippen LogP contribution in [0.15, 0.2) is 12.1 Å². The third-order valence-electron chi connectivity index (χ3n) is 2.23. The largest absolute Gasteiger partial charge is 0.416 e. The van der Waals surface area contributed by atoms with E-state index in [1.807, 2.05) is 13.8 Å². The summed E-state index contributed by atoms with van der Waals surface area (Å²) in [5.74, 6) is -0.201. The number of carbonyl (C=O) groups excluding carboxylic acids is 1. The van der Waals surface area contributed by atoms with Crippen molar-refractivity contribution in [3.63, 3.8) is 0 Å². The van der Waals surface area contributed by atoms with Gasteiger partial charge in [-0.15, -0.1) is 0 Å². The number of alkyl halides is 3. The van der Waals surface area contributed by atoms with E-state index in [4.69, 9.17) is 11.6 Å². The molecule has 1 amide bonds. The number of hydrogen-bond acceptors (Lipinski definition) is 3. The molecule has 0 atom stereocenters. The molecule has 20 heavy (non-hydrogen) atoms. The minimum atomic E-state index is -4.49. The van der Waals surface area contributed by atoms with Crippen LogP contribution in [0.3, 0.4) is 0 Å². The Hall–Kier alpha value is -1.50. The molecule has 0 unspecified atom stereocenters. The van der Waals surface area contributed by atoms with Gasteiger partial charge in [-0.05, 0) is 26.0 Å². The summed E-state index contributed by atoms with van der Waals surface area (Å²) >= 11 is 5.54. The topological polar surface area (TPSA) is 54.0 Å².